The van der Waals surface area contributed by atoms with Gasteiger partial charge in [-0.3, -0.25) is 0 Å². The maximum absolute atomic E-state index is 13.7. The molecule has 0 bridgehead atoms. The summed E-state index contributed by atoms with van der Waals surface area (Å²) in [5, 5.41) is 0. The molecule has 0 aliphatic heterocycles. The molecule has 0 N–H and O–H groups in total. The fourth-order valence-electron chi connectivity index (χ4n) is 6.84. The van der Waals surface area contributed by atoms with Crippen molar-refractivity contribution in [3.63, 3.8) is 0 Å². The van der Waals surface area contributed by atoms with E-state index >= 15 is 0 Å². The van der Waals surface area contributed by atoms with E-state index in [4.69, 9.17) is 0 Å². The summed E-state index contributed by atoms with van der Waals surface area (Å²) >= 11 is -3.41. The fourth-order valence-corrected chi connectivity index (χ4v) is 15.8. The largest absolute Gasteiger partial charge is 0.147 e. The summed E-state index contributed by atoms with van der Waals surface area (Å²) in [4.78, 5) is 0. The van der Waals surface area contributed by atoms with Crippen molar-refractivity contribution in [3.05, 3.63) is 145 Å². The van der Waals surface area contributed by atoms with Gasteiger partial charge in [0.2, 0.25) is 0 Å². The summed E-state index contributed by atoms with van der Waals surface area (Å²) in [6.07, 6.45) is -1.34. The van der Waals surface area contributed by atoms with Gasteiger partial charge >= 0.3 is 288 Å². The zero-order valence-electron chi connectivity index (χ0n) is 28.7. The topological polar surface area (TPSA) is 0 Å². The third-order valence-corrected chi connectivity index (χ3v) is 17.1. The second-order valence-electron chi connectivity index (χ2n) is 14.8. The van der Waals surface area contributed by atoms with Crippen molar-refractivity contribution in [3.8, 4) is 11.1 Å². The maximum Gasteiger partial charge on any atom is -0.147 e. The van der Waals surface area contributed by atoms with Gasteiger partial charge in [-0.05, 0) is 0 Å². The molecular weight excluding hydrogens is 769 g/mol. The molecule has 0 atom stereocenters. The molecule has 0 amide bonds. The van der Waals surface area contributed by atoms with E-state index in [0.29, 0.717) is 17.5 Å². The SMILES string of the molecule is CC(C)(C)c1ccc2c(c1)Cc1c-2ccc(C(C)(C)C)[c]1[Zr]([C]1=CC=CC1)=[C](c1ccc(C(F)(F)F)cc1)c1ccc(C(F)(F)F)cc1.Cl.Cl. The van der Waals surface area contributed by atoms with E-state index in [0.717, 1.165) is 39.5 Å². The molecule has 0 aromatic heterocycles. The number of hydrogen-bond acceptors (Lipinski definition) is 0. The van der Waals surface area contributed by atoms with Crippen LogP contribution in [0, 0.1) is 0 Å². The Labute approximate surface area is 310 Å². The van der Waals surface area contributed by atoms with Gasteiger partial charge in [0.25, 0.3) is 0 Å². The van der Waals surface area contributed by atoms with Gasteiger partial charge in [0.05, 0.1) is 0 Å². The minimum atomic E-state index is -4.51. The predicted octanol–water partition coefficient (Wildman–Crippen LogP) is 12.1. The van der Waals surface area contributed by atoms with Gasteiger partial charge in [0.15, 0.2) is 0 Å². The molecule has 264 valence electrons. The van der Waals surface area contributed by atoms with Crippen molar-refractivity contribution in [2.45, 2.75) is 77.6 Å². The summed E-state index contributed by atoms with van der Waals surface area (Å²) in [6, 6.07) is 21.5. The van der Waals surface area contributed by atoms with Crippen molar-refractivity contribution in [1.29, 1.82) is 0 Å². The van der Waals surface area contributed by atoms with Gasteiger partial charge in [-0.25, -0.2) is 0 Å². The second-order valence-corrected chi connectivity index (χ2v) is 20.7. The quantitative estimate of drug-likeness (QED) is 0.159. The monoisotopic (exact) mass is 806 g/mol. The average Bonchev–Trinajstić information content (AvgIpc) is 3.66. The molecule has 0 saturated carbocycles. The predicted molar refractivity (Wildman–Crippen MR) is 194 cm³/mol. The molecule has 4 aromatic carbocycles. The first kappa shape index (κ1) is 40.0. The van der Waals surface area contributed by atoms with E-state index in [1.54, 1.807) is 0 Å². The number of allylic oxidation sites excluding steroid dienone is 4. The molecule has 2 aliphatic carbocycles. The molecular formula is C41H40Cl2F6Zr. The third kappa shape index (κ3) is 7.86. The molecule has 4 aromatic rings. The van der Waals surface area contributed by atoms with Crippen molar-refractivity contribution in [2.24, 2.45) is 0 Å². The Morgan fingerprint density at radius 3 is 1.54 bits per heavy atom. The number of alkyl halides is 6. The summed E-state index contributed by atoms with van der Waals surface area (Å²) in [5.74, 6) is 0. The van der Waals surface area contributed by atoms with Gasteiger partial charge in [0, 0.05) is 0 Å². The van der Waals surface area contributed by atoms with Crippen molar-refractivity contribution in [1.82, 2.24) is 0 Å². The van der Waals surface area contributed by atoms with Gasteiger partial charge < -0.3 is 0 Å². The van der Waals surface area contributed by atoms with Gasteiger partial charge in [-0.15, -0.1) is 24.8 Å². The van der Waals surface area contributed by atoms with Crippen molar-refractivity contribution < 1.29 is 47.6 Å². The van der Waals surface area contributed by atoms with Crippen LogP contribution in [0.3, 0.4) is 0 Å². The average molecular weight is 809 g/mol. The zero-order chi connectivity index (χ0) is 34.8. The van der Waals surface area contributed by atoms with E-state index < -0.39 is 44.7 Å². The minimum absolute atomic E-state index is 0. The molecule has 0 spiro atoms. The second kappa shape index (κ2) is 14.4. The van der Waals surface area contributed by atoms with Gasteiger partial charge in [0.1, 0.15) is 0 Å². The Hall–Kier alpha value is -2.73. The molecule has 9 heteroatoms. The molecule has 0 unspecified atom stereocenters. The van der Waals surface area contributed by atoms with Gasteiger partial charge in [-0.2, -0.15) is 0 Å². The smallest absolute Gasteiger partial charge is 0.147 e. The van der Waals surface area contributed by atoms with Crippen molar-refractivity contribution >= 4 is 31.3 Å². The first-order valence-corrected chi connectivity index (χ1v) is 19.8. The molecule has 0 fully saturated rings. The van der Waals surface area contributed by atoms with Crippen LogP contribution in [-0.2, 0) is 50.9 Å². The van der Waals surface area contributed by atoms with Crippen molar-refractivity contribution in [2.75, 3.05) is 0 Å². The van der Waals surface area contributed by atoms with Crippen LogP contribution in [0.1, 0.15) is 92.5 Å². The molecule has 2 aliphatic rings. The van der Waals surface area contributed by atoms with Crippen LogP contribution in [0.2, 0.25) is 0 Å². The fraction of sp³-hybridized carbons (Fsp3) is 0.293. The van der Waals surface area contributed by atoms with Crippen LogP contribution in [-0.4, -0.2) is 3.21 Å². The number of benzene rings is 4. The molecule has 0 nitrogen and oxygen atoms in total. The third-order valence-electron chi connectivity index (χ3n) is 9.34. The summed E-state index contributed by atoms with van der Waals surface area (Å²) in [6.45, 7) is 13.1. The van der Waals surface area contributed by atoms with Gasteiger partial charge in [-0.1, -0.05) is 0 Å². The summed E-state index contributed by atoms with van der Waals surface area (Å²) < 4.78 is 85.7. The van der Waals surface area contributed by atoms with Crippen LogP contribution >= 0.6 is 24.8 Å². The first-order valence-electron chi connectivity index (χ1n) is 16.1. The molecule has 6 rings (SSSR count). The molecule has 0 heterocycles. The Morgan fingerprint density at radius 2 is 1.10 bits per heavy atom. The van der Waals surface area contributed by atoms with E-state index in [1.165, 1.54) is 58.6 Å². The number of fused-ring (bicyclic) bond motifs is 3. The van der Waals surface area contributed by atoms with E-state index in [2.05, 4.69) is 84.0 Å². The minimum Gasteiger partial charge on any atom is -0.147 e. The first-order chi connectivity index (χ1) is 22.3. The summed E-state index contributed by atoms with van der Waals surface area (Å²) in [5.41, 5.74) is 6.69. The van der Waals surface area contributed by atoms with Crippen LogP contribution in [0.15, 0.2) is 100 Å². The summed E-state index contributed by atoms with van der Waals surface area (Å²) in [7, 11) is 0. The number of rotatable bonds is 4. The van der Waals surface area contributed by atoms with E-state index in [-0.39, 0.29) is 35.6 Å². The standard InChI is InChI=1S/C21H25.C15H8F6.C5H5.2ClH.Zr/c1-20(2,3)16-7-9-18-14(12-16)11-15-13-17(21(4,5)6)8-10-19(15)18;16-14(17,18)12-5-1-10(2-6-12)9-11-3-7-13(8-4-11)15(19,20)21;1-2-4-5-3-1;;;/h7-10,12H,11H2,1-6H3;1-8H;1-3H,4H2;2*1H;. The van der Waals surface area contributed by atoms with Crippen LogP contribution in [0.25, 0.3) is 11.1 Å². The van der Waals surface area contributed by atoms with Crippen LogP contribution in [0.5, 0.6) is 0 Å². The van der Waals surface area contributed by atoms with E-state index in [9.17, 15) is 26.3 Å². The maximum atomic E-state index is 13.7. The Balaban J connectivity index is 0.00000281. The Kier molecular flexibility index (Phi) is 11.5. The molecule has 50 heavy (non-hydrogen) atoms. The van der Waals surface area contributed by atoms with Crippen LogP contribution < -0.4 is 3.27 Å². The number of halogens is 8. The molecule has 0 saturated heterocycles. The Morgan fingerprint density at radius 1 is 0.600 bits per heavy atom. The normalized spacial score (nSPS) is 14.0. The number of hydrogen-bond donors (Lipinski definition) is 0. The zero-order valence-corrected chi connectivity index (χ0v) is 32.8. The van der Waals surface area contributed by atoms with E-state index in [1.807, 2.05) is 6.08 Å². The molecule has 0 radical (unpaired) electrons. The van der Waals surface area contributed by atoms with Crippen LogP contribution in [0.4, 0.5) is 26.3 Å². The Bertz CT molecular complexity index is 1920.